The predicted octanol–water partition coefficient (Wildman–Crippen LogP) is 2.75. The molecule has 0 aliphatic carbocycles. The van der Waals surface area contributed by atoms with E-state index in [1.54, 1.807) is 0 Å². The van der Waals surface area contributed by atoms with Gasteiger partial charge in [0, 0.05) is 17.7 Å². The molecule has 0 radical (unpaired) electrons. The second-order valence-corrected chi connectivity index (χ2v) is 4.92. The predicted molar refractivity (Wildman–Crippen MR) is 72.3 cm³/mol. The fourth-order valence-corrected chi connectivity index (χ4v) is 1.83. The Kier molecular flexibility index (Phi) is 5.11. The van der Waals surface area contributed by atoms with Gasteiger partial charge in [0.1, 0.15) is 0 Å². The van der Waals surface area contributed by atoms with Crippen LogP contribution in [0.3, 0.4) is 0 Å². The summed E-state index contributed by atoms with van der Waals surface area (Å²) in [5.74, 6) is 0.433. The van der Waals surface area contributed by atoms with Crippen molar-refractivity contribution in [2.24, 2.45) is 11.7 Å². The molecular weight excluding hydrogens is 248 g/mol. The molecule has 0 fully saturated rings. The largest absolute Gasteiger partial charge is 0.504 e. The van der Waals surface area contributed by atoms with Crippen LogP contribution in [0.2, 0.25) is 0 Å². The SMILES string of the molecule is COc1cc([N+](=O)[O-])cc([C@H](N)CCC(C)C)c1O. The van der Waals surface area contributed by atoms with Crippen molar-refractivity contribution in [2.45, 2.75) is 32.7 Å². The second-order valence-electron chi connectivity index (χ2n) is 4.92. The van der Waals surface area contributed by atoms with Crippen LogP contribution in [-0.2, 0) is 0 Å². The van der Waals surface area contributed by atoms with Crippen LogP contribution >= 0.6 is 0 Å². The zero-order valence-electron chi connectivity index (χ0n) is 11.4. The van der Waals surface area contributed by atoms with E-state index in [2.05, 4.69) is 13.8 Å². The molecule has 0 saturated carbocycles. The maximum absolute atomic E-state index is 10.8. The topological polar surface area (TPSA) is 98.6 Å². The highest BCUT2D eigenvalue weighted by atomic mass is 16.6. The summed E-state index contributed by atoms with van der Waals surface area (Å²) < 4.78 is 4.94. The maximum Gasteiger partial charge on any atom is 0.273 e. The van der Waals surface area contributed by atoms with E-state index in [1.165, 1.54) is 19.2 Å². The molecule has 19 heavy (non-hydrogen) atoms. The number of aromatic hydroxyl groups is 1. The summed E-state index contributed by atoms with van der Waals surface area (Å²) in [6.07, 6.45) is 1.53. The first kappa shape index (κ1) is 15.2. The molecule has 0 bridgehead atoms. The second kappa shape index (κ2) is 6.38. The highest BCUT2D eigenvalue weighted by molar-refractivity contribution is 5.54. The summed E-state index contributed by atoms with van der Waals surface area (Å²) in [5, 5.41) is 20.9. The van der Waals surface area contributed by atoms with E-state index in [-0.39, 0.29) is 17.2 Å². The molecule has 0 aliphatic heterocycles. The minimum atomic E-state index is -0.527. The molecule has 106 valence electrons. The van der Waals surface area contributed by atoms with Crippen molar-refractivity contribution < 1.29 is 14.8 Å². The number of non-ortho nitro benzene ring substituents is 1. The number of phenolic OH excluding ortho intramolecular Hbond substituents is 1. The maximum atomic E-state index is 10.8. The molecule has 0 saturated heterocycles. The van der Waals surface area contributed by atoms with Gasteiger partial charge in [-0.3, -0.25) is 10.1 Å². The molecule has 0 aromatic heterocycles. The molecule has 0 spiro atoms. The fourth-order valence-electron chi connectivity index (χ4n) is 1.83. The van der Waals surface area contributed by atoms with Crippen molar-refractivity contribution in [3.63, 3.8) is 0 Å². The number of nitrogens with two attached hydrogens (primary N) is 1. The highest BCUT2D eigenvalue weighted by Gasteiger charge is 2.21. The quantitative estimate of drug-likeness (QED) is 0.610. The number of nitro benzene ring substituents is 1. The molecule has 0 aliphatic rings. The zero-order valence-corrected chi connectivity index (χ0v) is 11.4. The van der Waals surface area contributed by atoms with Gasteiger partial charge in [-0.05, 0) is 18.8 Å². The molecule has 0 amide bonds. The van der Waals surface area contributed by atoms with Gasteiger partial charge in [-0.15, -0.1) is 0 Å². The first-order chi connectivity index (χ1) is 8.86. The summed E-state index contributed by atoms with van der Waals surface area (Å²) in [4.78, 5) is 10.3. The average Bonchev–Trinajstić information content (AvgIpc) is 2.35. The Morgan fingerprint density at radius 3 is 2.53 bits per heavy atom. The van der Waals surface area contributed by atoms with Crippen molar-refractivity contribution in [2.75, 3.05) is 7.11 Å². The van der Waals surface area contributed by atoms with Crippen LogP contribution in [0.4, 0.5) is 5.69 Å². The summed E-state index contributed by atoms with van der Waals surface area (Å²) >= 11 is 0. The van der Waals surface area contributed by atoms with Gasteiger partial charge < -0.3 is 15.6 Å². The first-order valence-corrected chi connectivity index (χ1v) is 6.17. The van der Waals surface area contributed by atoms with Crippen LogP contribution in [0.5, 0.6) is 11.5 Å². The summed E-state index contributed by atoms with van der Waals surface area (Å²) in [6.45, 7) is 4.14. The van der Waals surface area contributed by atoms with Gasteiger partial charge in [-0.2, -0.15) is 0 Å². The third kappa shape index (κ3) is 3.82. The number of rotatable bonds is 6. The fraction of sp³-hybridized carbons (Fsp3) is 0.538. The van der Waals surface area contributed by atoms with E-state index in [4.69, 9.17) is 10.5 Å². The number of nitrogens with zero attached hydrogens (tertiary/aromatic N) is 1. The molecule has 0 heterocycles. The Labute approximate surface area is 112 Å². The van der Waals surface area contributed by atoms with E-state index in [1.807, 2.05) is 0 Å². The van der Waals surface area contributed by atoms with E-state index in [0.29, 0.717) is 17.9 Å². The number of methoxy groups -OCH3 is 1. The Hall–Kier alpha value is -1.82. The van der Waals surface area contributed by atoms with Crippen LogP contribution in [0.15, 0.2) is 12.1 Å². The summed E-state index contributed by atoms with van der Waals surface area (Å²) in [5.41, 5.74) is 6.22. The number of nitro groups is 1. The molecule has 0 unspecified atom stereocenters. The van der Waals surface area contributed by atoms with E-state index in [9.17, 15) is 15.2 Å². The first-order valence-electron chi connectivity index (χ1n) is 6.17. The van der Waals surface area contributed by atoms with Crippen molar-refractivity contribution in [1.29, 1.82) is 0 Å². The van der Waals surface area contributed by atoms with Gasteiger partial charge in [0.15, 0.2) is 11.5 Å². The molecule has 1 atom stereocenters. The molecular formula is C13H20N2O4. The van der Waals surface area contributed by atoms with Crippen LogP contribution in [-0.4, -0.2) is 17.1 Å². The summed E-state index contributed by atoms with van der Waals surface area (Å²) in [6, 6.07) is 2.05. The van der Waals surface area contributed by atoms with Gasteiger partial charge in [0.05, 0.1) is 18.1 Å². The summed E-state index contributed by atoms with van der Waals surface area (Å²) in [7, 11) is 1.35. The smallest absolute Gasteiger partial charge is 0.273 e. The number of ether oxygens (including phenoxy) is 1. The number of benzene rings is 1. The van der Waals surface area contributed by atoms with Gasteiger partial charge in [0.25, 0.3) is 5.69 Å². The van der Waals surface area contributed by atoms with E-state index >= 15 is 0 Å². The Bertz CT molecular complexity index is 460. The lowest BCUT2D eigenvalue weighted by atomic mass is 9.97. The Morgan fingerprint density at radius 1 is 1.42 bits per heavy atom. The third-order valence-corrected chi connectivity index (χ3v) is 2.97. The average molecular weight is 268 g/mol. The minimum Gasteiger partial charge on any atom is -0.504 e. The number of hydrogen-bond donors (Lipinski definition) is 2. The van der Waals surface area contributed by atoms with Gasteiger partial charge in [-0.25, -0.2) is 0 Å². The van der Waals surface area contributed by atoms with Crippen molar-refractivity contribution in [3.8, 4) is 11.5 Å². The highest BCUT2D eigenvalue weighted by Crippen LogP contribution is 2.38. The van der Waals surface area contributed by atoms with Gasteiger partial charge >= 0.3 is 0 Å². The third-order valence-electron chi connectivity index (χ3n) is 2.97. The van der Waals surface area contributed by atoms with Crippen molar-refractivity contribution in [1.82, 2.24) is 0 Å². The molecule has 1 aromatic rings. The Balaban J connectivity index is 3.10. The molecule has 1 rings (SSSR count). The molecule has 1 aromatic carbocycles. The minimum absolute atomic E-state index is 0.0733. The molecule has 6 nitrogen and oxygen atoms in total. The van der Waals surface area contributed by atoms with Crippen LogP contribution in [0.25, 0.3) is 0 Å². The van der Waals surface area contributed by atoms with Crippen molar-refractivity contribution >= 4 is 5.69 Å². The van der Waals surface area contributed by atoms with Crippen LogP contribution in [0, 0.1) is 16.0 Å². The molecule has 3 N–H and O–H groups in total. The van der Waals surface area contributed by atoms with Gasteiger partial charge in [0.2, 0.25) is 0 Å². The van der Waals surface area contributed by atoms with Crippen LogP contribution in [0.1, 0.15) is 38.3 Å². The lowest BCUT2D eigenvalue weighted by Gasteiger charge is -2.16. The van der Waals surface area contributed by atoms with Crippen LogP contribution < -0.4 is 10.5 Å². The lowest BCUT2D eigenvalue weighted by molar-refractivity contribution is -0.385. The van der Waals surface area contributed by atoms with Gasteiger partial charge in [-0.1, -0.05) is 13.8 Å². The monoisotopic (exact) mass is 268 g/mol. The van der Waals surface area contributed by atoms with E-state index < -0.39 is 11.0 Å². The number of phenols is 1. The van der Waals surface area contributed by atoms with E-state index in [0.717, 1.165) is 6.42 Å². The lowest BCUT2D eigenvalue weighted by Crippen LogP contribution is -2.12. The Morgan fingerprint density at radius 2 is 2.05 bits per heavy atom. The number of hydrogen-bond acceptors (Lipinski definition) is 5. The van der Waals surface area contributed by atoms with Crippen molar-refractivity contribution in [3.05, 3.63) is 27.8 Å². The standard InChI is InChI=1S/C13H20N2O4/c1-8(2)4-5-11(14)10-6-9(15(17)18)7-12(19-3)13(10)16/h6-8,11,16H,4-5,14H2,1-3H3/t11-/m1/s1. The zero-order chi connectivity index (χ0) is 14.6. The molecule has 6 heteroatoms. The normalized spacial score (nSPS) is 12.5.